The van der Waals surface area contributed by atoms with Gasteiger partial charge in [-0.2, -0.15) is 11.3 Å². The number of sulfone groups is 1. The fraction of sp³-hybridized carbons (Fsp3) is 0.267. The lowest BCUT2D eigenvalue weighted by atomic mass is 10.0. The fourth-order valence-corrected chi connectivity index (χ4v) is 5.76. The van der Waals surface area contributed by atoms with Crippen LogP contribution in [0.3, 0.4) is 0 Å². The van der Waals surface area contributed by atoms with Crippen molar-refractivity contribution < 1.29 is 13.2 Å². The number of Topliss-reactive ketones (excluding diaryl/α,β-unsaturated/α-hetero) is 1. The predicted molar refractivity (Wildman–Crippen MR) is 79.4 cm³/mol. The van der Waals surface area contributed by atoms with Crippen LogP contribution in [0.15, 0.2) is 47.2 Å². The van der Waals surface area contributed by atoms with Gasteiger partial charge in [-0.05, 0) is 28.0 Å². The standard InChI is InChI=1S/C15H14O3S2/c16-13-8-14(11-4-2-1-3-5-11)20(17,18)15(9-13)12-6-7-19-10-12/h1-7,10,14-15H,8-9H2. The lowest BCUT2D eigenvalue weighted by molar-refractivity contribution is -0.119. The van der Waals surface area contributed by atoms with Crippen LogP contribution in [0.2, 0.25) is 0 Å². The number of hydrogen-bond acceptors (Lipinski definition) is 4. The molecule has 3 nitrogen and oxygen atoms in total. The van der Waals surface area contributed by atoms with Crippen molar-refractivity contribution in [2.45, 2.75) is 23.3 Å². The summed E-state index contributed by atoms with van der Waals surface area (Å²) in [5.74, 6) is 0.0184. The first-order valence-electron chi connectivity index (χ1n) is 6.40. The molecule has 104 valence electrons. The minimum Gasteiger partial charge on any atom is -0.300 e. The van der Waals surface area contributed by atoms with Gasteiger partial charge >= 0.3 is 0 Å². The van der Waals surface area contributed by atoms with Crippen molar-refractivity contribution >= 4 is 27.0 Å². The largest absolute Gasteiger partial charge is 0.300 e. The van der Waals surface area contributed by atoms with Gasteiger partial charge in [0.1, 0.15) is 5.78 Å². The summed E-state index contributed by atoms with van der Waals surface area (Å²) >= 11 is 1.46. The van der Waals surface area contributed by atoms with E-state index in [1.54, 1.807) is 18.2 Å². The van der Waals surface area contributed by atoms with Gasteiger partial charge in [-0.3, -0.25) is 4.79 Å². The molecule has 0 N–H and O–H groups in total. The normalized spacial score (nSPS) is 25.5. The molecule has 1 aliphatic heterocycles. The molecule has 20 heavy (non-hydrogen) atoms. The predicted octanol–water partition coefficient (Wildman–Crippen LogP) is 3.31. The van der Waals surface area contributed by atoms with Crippen LogP contribution in [-0.4, -0.2) is 14.2 Å². The molecule has 2 heterocycles. The van der Waals surface area contributed by atoms with Crippen LogP contribution in [0.5, 0.6) is 0 Å². The summed E-state index contributed by atoms with van der Waals surface area (Å²) in [7, 11) is -3.39. The highest BCUT2D eigenvalue weighted by molar-refractivity contribution is 7.92. The monoisotopic (exact) mass is 306 g/mol. The minimum absolute atomic E-state index is 0.0184. The Morgan fingerprint density at radius 2 is 1.60 bits per heavy atom. The molecule has 0 aliphatic carbocycles. The van der Waals surface area contributed by atoms with E-state index in [0.29, 0.717) is 5.56 Å². The zero-order valence-corrected chi connectivity index (χ0v) is 12.4. The summed E-state index contributed by atoms with van der Waals surface area (Å²) < 4.78 is 25.6. The van der Waals surface area contributed by atoms with Gasteiger partial charge in [0.05, 0.1) is 10.5 Å². The van der Waals surface area contributed by atoms with E-state index < -0.39 is 20.3 Å². The maximum absolute atomic E-state index is 12.8. The first-order valence-corrected chi connectivity index (χ1v) is 8.95. The fourth-order valence-electron chi connectivity index (χ4n) is 2.67. The molecule has 0 amide bonds. The Bertz CT molecular complexity index is 703. The van der Waals surface area contributed by atoms with E-state index in [0.717, 1.165) is 5.56 Å². The zero-order valence-electron chi connectivity index (χ0n) is 10.7. The molecule has 2 atom stereocenters. The molecule has 0 saturated carbocycles. The van der Waals surface area contributed by atoms with E-state index in [9.17, 15) is 13.2 Å². The zero-order chi connectivity index (χ0) is 14.2. The van der Waals surface area contributed by atoms with Crippen molar-refractivity contribution in [1.29, 1.82) is 0 Å². The maximum atomic E-state index is 12.8. The third kappa shape index (κ3) is 2.31. The summed E-state index contributed by atoms with van der Waals surface area (Å²) in [5, 5.41) is 2.26. The highest BCUT2D eigenvalue weighted by Gasteiger charge is 2.42. The summed E-state index contributed by atoms with van der Waals surface area (Å²) in [6.07, 6.45) is 0.190. The third-order valence-electron chi connectivity index (χ3n) is 3.71. The van der Waals surface area contributed by atoms with E-state index >= 15 is 0 Å². The second-order valence-corrected chi connectivity index (χ2v) is 8.08. The molecule has 2 unspecified atom stereocenters. The van der Waals surface area contributed by atoms with Crippen molar-refractivity contribution in [3.05, 3.63) is 58.3 Å². The third-order valence-corrected chi connectivity index (χ3v) is 6.87. The molecule has 1 saturated heterocycles. The number of carbonyl (C=O) groups is 1. The molecule has 3 rings (SSSR count). The molecule has 0 radical (unpaired) electrons. The van der Waals surface area contributed by atoms with Crippen molar-refractivity contribution in [2.24, 2.45) is 0 Å². The Balaban J connectivity index is 2.06. The lowest BCUT2D eigenvalue weighted by Gasteiger charge is -2.28. The number of ketones is 1. The van der Waals surface area contributed by atoms with Gasteiger partial charge in [0.2, 0.25) is 0 Å². The quantitative estimate of drug-likeness (QED) is 0.855. The number of hydrogen-bond donors (Lipinski definition) is 0. The van der Waals surface area contributed by atoms with Crippen molar-refractivity contribution in [3.63, 3.8) is 0 Å². The Kier molecular flexibility index (Phi) is 3.48. The number of benzene rings is 1. The molecular weight excluding hydrogens is 292 g/mol. The van der Waals surface area contributed by atoms with Gasteiger partial charge in [0.15, 0.2) is 9.84 Å². The Labute approximate surface area is 122 Å². The Morgan fingerprint density at radius 1 is 0.950 bits per heavy atom. The molecule has 1 fully saturated rings. The first kappa shape index (κ1) is 13.5. The van der Waals surface area contributed by atoms with Crippen LogP contribution >= 0.6 is 11.3 Å². The van der Waals surface area contributed by atoms with Gasteiger partial charge in [-0.15, -0.1) is 0 Å². The number of carbonyl (C=O) groups excluding carboxylic acids is 1. The molecule has 1 aliphatic rings. The Hall–Kier alpha value is -1.46. The van der Waals surface area contributed by atoms with E-state index in [2.05, 4.69) is 0 Å². The molecule has 1 aromatic carbocycles. The summed E-state index contributed by atoms with van der Waals surface area (Å²) in [5.41, 5.74) is 1.45. The van der Waals surface area contributed by atoms with E-state index in [-0.39, 0.29) is 18.6 Å². The smallest absolute Gasteiger partial charge is 0.165 e. The van der Waals surface area contributed by atoms with Crippen LogP contribution in [0.1, 0.15) is 34.5 Å². The van der Waals surface area contributed by atoms with Crippen molar-refractivity contribution in [1.82, 2.24) is 0 Å². The summed E-state index contributed by atoms with van der Waals surface area (Å²) in [6, 6.07) is 10.8. The van der Waals surface area contributed by atoms with Gasteiger partial charge in [-0.25, -0.2) is 8.42 Å². The molecule has 2 aromatic rings. The van der Waals surface area contributed by atoms with Gasteiger partial charge < -0.3 is 0 Å². The molecule has 0 spiro atoms. The first-order chi connectivity index (χ1) is 9.59. The highest BCUT2D eigenvalue weighted by Crippen LogP contribution is 2.43. The highest BCUT2D eigenvalue weighted by atomic mass is 32.2. The van der Waals surface area contributed by atoms with Crippen LogP contribution in [0, 0.1) is 0 Å². The van der Waals surface area contributed by atoms with Gasteiger partial charge in [0, 0.05) is 12.8 Å². The second kappa shape index (κ2) is 5.14. The van der Waals surface area contributed by atoms with Crippen molar-refractivity contribution in [2.75, 3.05) is 0 Å². The van der Waals surface area contributed by atoms with E-state index in [4.69, 9.17) is 0 Å². The topological polar surface area (TPSA) is 51.2 Å². The van der Waals surface area contributed by atoms with Crippen LogP contribution in [0.4, 0.5) is 0 Å². The maximum Gasteiger partial charge on any atom is 0.165 e. The van der Waals surface area contributed by atoms with Crippen LogP contribution in [-0.2, 0) is 14.6 Å². The Morgan fingerprint density at radius 3 is 2.20 bits per heavy atom. The molecule has 0 bridgehead atoms. The van der Waals surface area contributed by atoms with E-state index in [1.165, 1.54) is 11.3 Å². The van der Waals surface area contributed by atoms with Gasteiger partial charge in [0.25, 0.3) is 0 Å². The average Bonchev–Trinajstić information content (AvgIpc) is 2.95. The molecule has 5 heteroatoms. The number of thiophene rings is 1. The molecule has 1 aromatic heterocycles. The van der Waals surface area contributed by atoms with Crippen LogP contribution < -0.4 is 0 Å². The second-order valence-electron chi connectivity index (χ2n) is 4.98. The summed E-state index contributed by atoms with van der Waals surface area (Å²) in [6.45, 7) is 0. The molecular formula is C15H14O3S2. The number of rotatable bonds is 2. The average molecular weight is 306 g/mol. The lowest BCUT2D eigenvalue weighted by Crippen LogP contribution is -2.30. The van der Waals surface area contributed by atoms with Gasteiger partial charge in [-0.1, -0.05) is 30.3 Å². The minimum atomic E-state index is -3.39. The van der Waals surface area contributed by atoms with E-state index in [1.807, 2.05) is 29.0 Å². The summed E-state index contributed by atoms with van der Waals surface area (Å²) in [4.78, 5) is 12.0. The SMILES string of the molecule is O=C1CC(c2ccccc2)S(=O)(=O)C(c2ccsc2)C1. The van der Waals surface area contributed by atoms with Crippen LogP contribution in [0.25, 0.3) is 0 Å². The van der Waals surface area contributed by atoms with Crippen molar-refractivity contribution in [3.8, 4) is 0 Å².